The third kappa shape index (κ3) is 6.93. The Balaban J connectivity index is 1.45. The van der Waals surface area contributed by atoms with E-state index in [1.807, 2.05) is 0 Å². The molecule has 2 aromatic rings. The Morgan fingerprint density at radius 3 is 2.55 bits per heavy atom. The van der Waals surface area contributed by atoms with Crippen LogP contribution in [0, 0.1) is 0 Å². The van der Waals surface area contributed by atoms with E-state index in [1.54, 1.807) is 42.5 Å². The van der Waals surface area contributed by atoms with Gasteiger partial charge in [-0.25, -0.2) is 8.42 Å². The number of halogens is 1. The Labute approximate surface area is 187 Å². The lowest BCUT2D eigenvalue weighted by Gasteiger charge is -2.25. The first-order valence-corrected chi connectivity index (χ1v) is 12.1. The molecule has 168 valence electrons. The molecule has 0 unspecified atom stereocenters. The fraction of sp³-hybridized carbons (Fsp3) is 0.381. The number of nitrogens with one attached hydrogen (secondary N) is 1. The van der Waals surface area contributed by atoms with Crippen molar-refractivity contribution < 1.29 is 27.4 Å². The highest BCUT2D eigenvalue weighted by molar-refractivity contribution is 7.92. The summed E-state index contributed by atoms with van der Waals surface area (Å²) < 4.78 is 42.3. The van der Waals surface area contributed by atoms with Gasteiger partial charge >= 0.3 is 0 Å². The van der Waals surface area contributed by atoms with E-state index in [0.29, 0.717) is 60.7 Å². The van der Waals surface area contributed by atoms with Gasteiger partial charge in [-0.15, -0.1) is 0 Å². The van der Waals surface area contributed by atoms with Crippen molar-refractivity contribution in [2.45, 2.75) is 12.8 Å². The zero-order valence-corrected chi connectivity index (χ0v) is 18.7. The molecule has 0 aliphatic carbocycles. The Morgan fingerprint density at radius 1 is 1.13 bits per heavy atom. The lowest BCUT2D eigenvalue weighted by atomic mass is 10.2. The Bertz CT molecular complexity index is 997. The monoisotopic (exact) mass is 468 g/mol. The molecule has 1 aliphatic heterocycles. The summed E-state index contributed by atoms with van der Waals surface area (Å²) in [6, 6.07) is 12.0. The third-order valence-corrected chi connectivity index (χ3v) is 5.93. The molecule has 0 radical (unpaired) electrons. The van der Waals surface area contributed by atoms with Crippen molar-refractivity contribution in [1.82, 2.24) is 5.32 Å². The van der Waals surface area contributed by atoms with Gasteiger partial charge in [-0.3, -0.25) is 9.10 Å². The van der Waals surface area contributed by atoms with E-state index < -0.39 is 10.0 Å². The van der Waals surface area contributed by atoms with Crippen LogP contribution in [-0.2, 0) is 14.8 Å². The van der Waals surface area contributed by atoms with E-state index in [2.05, 4.69) is 5.32 Å². The van der Waals surface area contributed by atoms with Crippen LogP contribution in [0.3, 0.4) is 0 Å². The van der Waals surface area contributed by atoms with Gasteiger partial charge in [0.25, 0.3) is 0 Å². The van der Waals surface area contributed by atoms with Gasteiger partial charge in [0.2, 0.25) is 15.9 Å². The highest BCUT2D eigenvalue weighted by atomic mass is 35.5. The molecular weight excluding hydrogens is 444 g/mol. The summed E-state index contributed by atoms with van der Waals surface area (Å²) in [6.45, 7) is 1.71. The van der Waals surface area contributed by atoms with Crippen LogP contribution in [0.2, 0.25) is 5.02 Å². The number of nitrogens with zero attached hydrogens (tertiary/aromatic N) is 1. The summed E-state index contributed by atoms with van der Waals surface area (Å²) in [7, 11) is -3.52. The summed E-state index contributed by atoms with van der Waals surface area (Å²) >= 11 is 5.82. The van der Waals surface area contributed by atoms with Crippen LogP contribution in [0.4, 0.5) is 5.69 Å². The standard InChI is InChI=1S/C21H25ClN2O6S/c1-31(26,27)24(17-6-9-19-20(15-17)30-14-13-29-19)11-2-3-21(25)23-10-12-28-18-7-4-16(22)5-8-18/h4-9,15H,2-3,10-14H2,1H3,(H,23,25). The van der Waals surface area contributed by atoms with Gasteiger partial charge in [-0.05, 0) is 42.8 Å². The summed E-state index contributed by atoms with van der Waals surface area (Å²) in [5, 5.41) is 3.39. The SMILES string of the molecule is CS(=O)(=O)N(CCCC(=O)NCCOc1ccc(Cl)cc1)c1ccc2c(c1)OCCO2. The summed E-state index contributed by atoms with van der Waals surface area (Å²) in [6.07, 6.45) is 1.70. The number of carbonyl (C=O) groups is 1. The number of amides is 1. The molecule has 0 saturated heterocycles. The maximum Gasteiger partial charge on any atom is 0.232 e. The Morgan fingerprint density at radius 2 is 1.84 bits per heavy atom. The first kappa shape index (κ1) is 23.0. The van der Waals surface area contributed by atoms with Gasteiger partial charge < -0.3 is 19.5 Å². The molecule has 1 N–H and O–H groups in total. The second-order valence-electron chi connectivity index (χ2n) is 6.92. The maximum atomic E-state index is 12.3. The van der Waals surface area contributed by atoms with Crippen LogP contribution in [0.1, 0.15) is 12.8 Å². The first-order valence-electron chi connectivity index (χ1n) is 9.85. The molecule has 0 bridgehead atoms. The normalized spacial score (nSPS) is 12.8. The number of ether oxygens (including phenoxy) is 3. The van der Waals surface area contributed by atoms with Crippen LogP contribution >= 0.6 is 11.6 Å². The van der Waals surface area contributed by atoms with Gasteiger partial charge in [0, 0.05) is 24.1 Å². The highest BCUT2D eigenvalue weighted by Gasteiger charge is 2.21. The predicted molar refractivity (Wildman–Crippen MR) is 119 cm³/mol. The fourth-order valence-electron chi connectivity index (χ4n) is 3.04. The predicted octanol–water partition coefficient (Wildman–Crippen LogP) is 2.85. The molecule has 31 heavy (non-hydrogen) atoms. The van der Waals surface area contributed by atoms with Crippen molar-refractivity contribution in [2.24, 2.45) is 0 Å². The van der Waals surface area contributed by atoms with E-state index in [1.165, 1.54) is 4.31 Å². The molecule has 0 fully saturated rings. The van der Waals surface area contributed by atoms with E-state index in [9.17, 15) is 13.2 Å². The number of benzene rings is 2. The zero-order chi connectivity index (χ0) is 22.3. The highest BCUT2D eigenvalue weighted by Crippen LogP contribution is 2.34. The van der Waals surface area contributed by atoms with Gasteiger partial charge in [-0.1, -0.05) is 11.6 Å². The lowest BCUT2D eigenvalue weighted by Crippen LogP contribution is -2.33. The number of hydrogen-bond donors (Lipinski definition) is 1. The van der Waals surface area contributed by atoms with Crippen molar-refractivity contribution in [3.8, 4) is 17.2 Å². The number of sulfonamides is 1. The lowest BCUT2D eigenvalue weighted by molar-refractivity contribution is -0.121. The minimum atomic E-state index is -3.52. The Hall–Kier alpha value is -2.65. The number of rotatable bonds is 10. The topological polar surface area (TPSA) is 94.2 Å². The van der Waals surface area contributed by atoms with E-state index >= 15 is 0 Å². The number of fused-ring (bicyclic) bond motifs is 1. The number of anilines is 1. The molecule has 2 aromatic carbocycles. The smallest absolute Gasteiger partial charge is 0.232 e. The third-order valence-electron chi connectivity index (χ3n) is 4.49. The van der Waals surface area contributed by atoms with Crippen molar-refractivity contribution in [1.29, 1.82) is 0 Å². The van der Waals surface area contributed by atoms with Crippen LogP contribution in [0.25, 0.3) is 0 Å². The minimum Gasteiger partial charge on any atom is -0.492 e. The number of hydrogen-bond acceptors (Lipinski definition) is 6. The van der Waals surface area contributed by atoms with E-state index in [0.717, 1.165) is 6.26 Å². The van der Waals surface area contributed by atoms with Gasteiger partial charge in [0.05, 0.1) is 18.5 Å². The molecule has 8 nitrogen and oxygen atoms in total. The van der Waals surface area contributed by atoms with Gasteiger partial charge in [0.1, 0.15) is 25.6 Å². The summed E-state index contributed by atoms with van der Waals surface area (Å²) in [4.78, 5) is 12.1. The van der Waals surface area contributed by atoms with E-state index in [-0.39, 0.29) is 18.9 Å². The van der Waals surface area contributed by atoms with Gasteiger partial charge in [0.15, 0.2) is 11.5 Å². The quantitative estimate of drug-likeness (QED) is 0.539. The largest absolute Gasteiger partial charge is 0.492 e. The molecular formula is C21H25ClN2O6S. The van der Waals surface area contributed by atoms with Crippen LogP contribution in [0.15, 0.2) is 42.5 Å². The molecule has 1 aliphatic rings. The van der Waals surface area contributed by atoms with Crippen molar-refractivity contribution >= 4 is 33.2 Å². The molecule has 1 heterocycles. The fourth-order valence-corrected chi connectivity index (χ4v) is 4.12. The molecule has 0 aromatic heterocycles. The van der Waals surface area contributed by atoms with Crippen molar-refractivity contribution in [2.75, 3.05) is 43.5 Å². The molecule has 3 rings (SSSR count). The minimum absolute atomic E-state index is 0.171. The van der Waals surface area contributed by atoms with Gasteiger partial charge in [-0.2, -0.15) is 0 Å². The summed E-state index contributed by atoms with van der Waals surface area (Å²) in [5.74, 6) is 1.59. The molecule has 0 atom stereocenters. The average Bonchev–Trinajstić information content (AvgIpc) is 2.74. The second-order valence-corrected chi connectivity index (χ2v) is 9.26. The molecule has 10 heteroatoms. The molecule has 0 spiro atoms. The summed E-state index contributed by atoms with van der Waals surface area (Å²) in [5.41, 5.74) is 0.475. The molecule has 1 amide bonds. The van der Waals surface area contributed by atoms with E-state index in [4.69, 9.17) is 25.8 Å². The first-order chi connectivity index (χ1) is 14.8. The number of carbonyl (C=O) groups excluding carboxylic acids is 1. The van der Waals surface area contributed by atoms with Crippen LogP contribution in [0.5, 0.6) is 17.2 Å². The van der Waals surface area contributed by atoms with Crippen molar-refractivity contribution in [3.63, 3.8) is 0 Å². The van der Waals surface area contributed by atoms with Crippen molar-refractivity contribution in [3.05, 3.63) is 47.5 Å². The zero-order valence-electron chi connectivity index (χ0n) is 17.2. The molecule has 0 saturated carbocycles. The van der Waals surface area contributed by atoms with Crippen LogP contribution in [-0.4, -0.2) is 53.5 Å². The maximum absolute atomic E-state index is 12.3. The Kier molecular flexibility index (Phi) is 7.86. The van der Waals surface area contributed by atoms with Crippen LogP contribution < -0.4 is 23.8 Å². The second kappa shape index (κ2) is 10.6. The average molecular weight is 469 g/mol.